The molecule has 0 heterocycles. The summed E-state index contributed by atoms with van der Waals surface area (Å²) < 4.78 is 5.39. The molecule has 0 radical (unpaired) electrons. The number of nitro groups is 1. The summed E-state index contributed by atoms with van der Waals surface area (Å²) in [4.78, 5) is 10.4. The van der Waals surface area contributed by atoms with Crippen LogP contribution in [0, 0.1) is 55.4 Å². The molecule has 0 spiro atoms. The number of ether oxygens (including phenoxy) is 1. The van der Waals surface area contributed by atoms with Crippen molar-refractivity contribution in [2.45, 2.75) is 0 Å². The van der Waals surface area contributed by atoms with Crippen molar-refractivity contribution in [3.63, 3.8) is 0 Å². The first-order valence-corrected chi connectivity index (χ1v) is 6.28. The van der Waals surface area contributed by atoms with Crippen LogP contribution in [0.2, 0.25) is 0 Å². The molecular weight excluding hydrogens is 310 g/mol. The zero-order chi connectivity index (χ0) is 17.7. The van der Waals surface area contributed by atoms with Crippen molar-refractivity contribution in [1.82, 2.24) is 0 Å². The van der Waals surface area contributed by atoms with Gasteiger partial charge < -0.3 is 4.74 Å². The summed E-state index contributed by atoms with van der Waals surface area (Å²) in [6.45, 7) is 0. The quantitative estimate of drug-likeness (QED) is 0.624. The zero-order valence-corrected chi connectivity index (χ0v) is 11.8. The monoisotopic (exact) mass is 315 g/mol. The molecule has 0 N–H and O–H groups in total. The van der Waals surface area contributed by atoms with E-state index in [1.807, 2.05) is 12.1 Å². The van der Waals surface area contributed by atoms with E-state index in [2.05, 4.69) is 0 Å². The maximum atomic E-state index is 11.1. The highest BCUT2D eigenvalue weighted by molar-refractivity contribution is 5.60. The number of hydrogen-bond acceptors (Lipinski definition) is 7. The molecule has 0 bridgehead atoms. The first-order valence-electron chi connectivity index (χ1n) is 6.28. The minimum atomic E-state index is -0.744. The van der Waals surface area contributed by atoms with Crippen molar-refractivity contribution in [2.24, 2.45) is 0 Å². The molecule has 0 aliphatic rings. The van der Waals surface area contributed by atoms with E-state index >= 15 is 0 Å². The van der Waals surface area contributed by atoms with E-state index in [9.17, 15) is 10.1 Å². The van der Waals surface area contributed by atoms with Crippen LogP contribution < -0.4 is 4.74 Å². The Morgan fingerprint density at radius 2 is 1.38 bits per heavy atom. The molecule has 2 aromatic carbocycles. The third-order valence-corrected chi connectivity index (χ3v) is 3.00. The van der Waals surface area contributed by atoms with Crippen LogP contribution in [-0.4, -0.2) is 4.92 Å². The maximum Gasteiger partial charge on any atom is 0.312 e. The number of benzene rings is 2. The second kappa shape index (κ2) is 6.58. The summed E-state index contributed by atoms with van der Waals surface area (Å²) >= 11 is 0. The Kier molecular flexibility index (Phi) is 4.38. The van der Waals surface area contributed by atoms with Gasteiger partial charge in [0, 0.05) is 12.1 Å². The molecular formula is C16H5N5O3. The highest BCUT2D eigenvalue weighted by Gasteiger charge is 2.20. The highest BCUT2D eigenvalue weighted by Crippen LogP contribution is 2.34. The van der Waals surface area contributed by atoms with Gasteiger partial charge in [0.15, 0.2) is 0 Å². The van der Waals surface area contributed by atoms with E-state index in [-0.39, 0.29) is 33.8 Å². The topological polar surface area (TPSA) is 148 Å². The Balaban J connectivity index is 2.56. The third kappa shape index (κ3) is 2.94. The van der Waals surface area contributed by atoms with Gasteiger partial charge in [0.05, 0.1) is 27.2 Å². The van der Waals surface area contributed by atoms with E-state index in [1.165, 1.54) is 18.2 Å². The van der Waals surface area contributed by atoms with Gasteiger partial charge in [0.2, 0.25) is 5.75 Å². The summed E-state index contributed by atoms with van der Waals surface area (Å²) in [5, 5.41) is 47.0. The van der Waals surface area contributed by atoms with Gasteiger partial charge in [0.1, 0.15) is 30.0 Å². The van der Waals surface area contributed by atoms with Gasteiger partial charge in [-0.15, -0.1) is 0 Å². The second-order valence-electron chi connectivity index (χ2n) is 4.38. The molecule has 0 aliphatic carbocycles. The molecule has 0 unspecified atom stereocenters. The van der Waals surface area contributed by atoms with Gasteiger partial charge in [0.25, 0.3) is 0 Å². The van der Waals surface area contributed by atoms with Crippen LogP contribution in [0.1, 0.15) is 22.3 Å². The van der Waals surface area contributed by atoms with Gasteiger partial charge in [-0.1, -0.05) is 0 Å². The highest BCUT2D eigenvalue weighted by atomic mass is 16.6. The molecule has 0 atom stereocenters. The minimum absolute atomic E-state index is 0.0480. The fourth-order valence-electron chi connectivity index (χ4n) is 1.88. The fourth-order valence-corrected chi connectivity index (χ4v) is 1.88. The van der Waals surface area contributed by atoms with Crippen molar-refractivity contribution < 1.29 is 9.66 Å². The van der Waals surface area contributed by atoms with Crippen molar-refractivity contribution in [1.29, 1.82) is 21.0 Å². The molecule has 2 rings (SSSR count). The molecule has 2 aromatic rings. The smallest absolute Gasteiger partial charge is 0.312 e. The van der Waals surface area contributed by atoms with Crippen molar-refractivity contribution >= 4 is 5.69 Å². The molecule has 0 aromatic heterocycles. The molecule has 8 nitrogen and oxygen atoms in total. The number of nitro benzene ring substituents is 1. The normalized spacial score (nSPS) is 9.00. The summed E-state index contributed by atoms with van der Waals surface area (Å²) in [7, 11) is 0. The van der Waals surface area contributed by atoms with Crippen LogP contribution in [0.3, 0.4) is 0 Å². The molecule has 112 valence electrons. The number of nitrogens with zero attached hydrogens (tertiary/aromatic N) is 5. The lowest BCUT2D eigenvalue weighted by Gasteiger charge is -2.08. The van der Waals surface area contributed by atoms with Gasteiger partial charge in [-0.3, -0.25) is 10.1 Å². The third-order valence-electron chi connectivity index (χ3n) is 3.00. The van der Waals surface area contributed by atoms with E-state index < -0.39 is 10.6 Å². The lowest BCUT2D eigenvalue weighted by molar-refractivity contribution is -0.385. The van der Waals surface area contributed by atoms with Crippen LogP contribution in [0.4, 0.5) is 5.69 Å². The van der Waals surface area contributed by atoms with E-state index in [0.29, 0.717) is 0 Å². The Labute approximate surface area is 135 Å². The number of hydrogen-bond donors (Lipinski definition) is 0. The Morgan fingerprint density at radius 3 is 1.92 bits per heavy atom. The van der Waals surface area contributed by atoms with Crippen molar-refractivity contribution in [3.8, 4) is 35.8 Å². The summed E-state index contributed by atoms with van der Waals surface area (Å²) in [6.07, 6.45) is 0. The molecule has 0 saturated heterocycles. The van der Waals surface area contributed by atoms with Crippen LogP contribution >= 0.6 is 0 Å². The largest absolute Gasteiger partial charge is 0.450 e. The predicted octanol–water partition coefficient (Wildman–Crippen LogP) is 2.87. The van der Waals surface area contributed by atoms with Gasteiger partial charge in [-0.2, -0.15) is 21.0 Å². The average Bonchev–Trinajstić information content (AvgIpc) is 2.60. The summed E-state index contributed by atoms with van der Waals surface area (Å²) in [6, 6.07) is 13.1. The first kappa shape index (κ1) is 16.0. The van der Waals surface area contributed by atoms with Crippen LogP contribution in [0.5, 0.6) is 11.5 Å². The molecule has 8 heteroatoms. The zero-order valence-electron chi connectivity index (χ0n) is 11.8. The Morgan fingerprint density at radius 1 is 0.833 bits per heavy atom. The summed E-state index contributed by atoms with van der Waals surface area (Å²) in [5.74, 6) is -0.161. The Bertz CT molecular complexity index is 1020. The average molecular weight is 315 g/mol. The number of rotatable bonds is 3. The van der Waals surface area contributed by atoms with Gasteiger partial charge in [-0.05, 0) is 18.2 Å². The molecule has 0 fully saturated rings. The summed E-state index contributed by atoms with van der Waals surface area (Å²) in [5.41, 5.74) is -0.529. The standard InChI is InChI=1S/C16H5N5O3/c17-6-10-1-2-14(3-11(10)7-18)24-16-5-13(9-20)12(8-19)4-15(16)21(22)23/h1-5H. The predicted molar refractivity (Wildman–Crippen MR) is 78.5 cm³/mol. The lowest BCUT2D eigenvalue weighted by Crippen LogP contribution is -1.97. The molecule has 0 saturated carbocycles. The van der Waals surface area contributed by atoms with Gasteiger partial charge in [-0.25, -0.2) is 0 Å². The van der Waals surface area contributed by atoms with Crippen LogP contribution in [0.25, 0.3) is 0 Å². The maximum absolute atomic E-state index is 11.1. The van der Waals surface area contributed by atoms with Crippen molar-refractivity contribution in [2.75, 3.05) is 0 Å². The molecule has 24 heavy (non-hydrogen) atoms. The fraction of sp³-hybridized carbons (Fsp3) is 0. The van der Waals surface area contributed by atoms with E-state index in [0.717, 1.165) is 12.1 Å². The molecule has 0 aliphatic heterocycles. The lowest BCUT2D eigenvalue weighted by atomic mass is 10.1. The second-order valence-corrected chi connectivity index (χ2v) is 4.38. The van der Waals surface area contributed by atoms with Crippen molar-refractivity contribution in [3.05, 3.63) is 62.7 Å². The molecule has 0 amide bonds. The minimum Gasteiger partial charge on any atom is -0.450 e. The van der Waals surface area contributed by atoms with Gasteiger partial charge >= 0.3 is 5.69 Å². The van der Waals surface area contributed by atoms with Crippen LogP contribution in [-0.2, 0) is 0 Å². The van der Waals surface area contributed by atoms with Crippen LogP contribution in [0.15, 0.2) is 30.3 Å². The van der Waals surface area contributed by atoms with E-state index in [4.69, 9.17) is 25.8 Å². The van der Waals surface area contributed by atoms with E-state index in [1.54, 1.807) is 12.1 Å². The Hall–Kier alpha value is -4.40. The number of nitriles is 4. The first-order chi connectivity index (χ1) is 11.5. The SMILES string of the molecule is N#Cc1ccc(Oc2cc(C#N)c(C#N)cc2[N+](=O)[O-])cc1C#N.